The average Bonchev–Trinajstić information content (AvgIpc) is 2.26. The molecule has 0 unspecified atom stereocenters. The third-order valence-electron chi connectivity index (χ3n) is 2.97. The molecule has 0 aliphatic heterocycles. The van der Waals surface area contributed by atoms with Gasteiger partial charge in [0.1, 0.15) is 0 Å². The largest absolute Gasteiger partial charge is 0.310 e. The van der Waals surface area contributed by atoms with Crippen molar-refractivity contribution < 1.29 is 0 Å². The van der Waals surface area contributed by atoms with Gasteiger partial charge in [-0.05, 0) is 18.4 Å². The first kappa shape index (κ1) is 11.3. The van der Waals surface area contributed by atoms with Gasteiger partial charge in [0.25, 0.3) is 0 Å². The van der Waals surface area contributed by atoms with Crippen molar-refractivity contribution in [2.75, 3.05) is 0 Å². The summed E-state index contributed by atoms with van der Waals surface area (Å²) in [5.74, 6) is 0.749. The van der Waals surface area contributed by atoms with Gasteiger partial charge in [-0.25, -0.2) is 0 Å². The maximum atomic E-state index is 3.55. The van der Waals surface area contributed by atoms with Gasteiger partial charge in [-0.3, -0.25) is 0 Å². The van der Waals surface area contributed by atoms with Gasteiger partial charge in [0.15, 0.2) is 0 Å². The van der Waals surface area contributed by atoms with Crippen LogP contribution in [-0.2, 0) is 6.54 Å². The van der Waals surface area contributed by atoms with E-state index in [1.807, 2.05) is 0 Å². The molecular weight excluding hydrogens is 170 g/mol. The topological polar surface area (TPSA) is 12.0 Å². The molecule has 0 bridgehead atoms. The number of benzene rings is 1. The molecule has 1 heteroatoms. The van der Waals surface area contributed by atoms with Crippen LogP contribution in [0.2, 0.25) is 0 Å². The SMILES string of the molecule is CC[C@@H](C)[C@H](C)NCc1ccccc1. The third-order valence-corrected chi connectivity index (χ3v) is 2.97. The molecule has 0 saturated heterocycles. The van der Waals surface area contributed by atoms with E-state index in [1.165, 1.54) is 12.0 Å². The molecule has 0 radical (unpaired) electrons. The summed E-state index contributed by atoms with van der Waals surface area (Å²) in [6.07, 6.45) is 1.24. The fraction of sp³-hybridized carbons (Fsp3) is 0.538. The molecule has 0 spiro atoms. The Labute approximate surface area is 87.5 Å². The monoisotopic (exact) mass is 191 g/mol. The van der Waals surface area contributed by atoms with Crippen LogP contribution in [0.1, 0.15) is 32.8 Å². The van der Waals surface area contributed by atoms with Crippen molar-refractivity contribution >= 4 is 0 Å². The summed E-state index contributed by atoms with van der Waals surface area (Å²) < 4.78 is 0. The Balaban J connectivity index is 2.34. The summed E-state index contributed by atoms with van der Waals surface area (Å²) in [6, 6.07) is 11.2. The molecule has 0 amide bonds. The lowest BCUT2D eigenvalue weighted by molar-refractivity contribution is 0.389. The Kier molecular flexibility index (Phi) is 4.68. The van der Waals surface area contributed by atoms with Gasteiger partial charge >= 0.3 is 0 Å². The molecule has 1 N–H and O–H groups in total. The summed E-state index contributed by atoms with van der Waals surface area (Å²) in [5.41, 5.74) is 1.36. The molecule has 1 aromatic rings. The maximum absolute atomic E-state index is 3.55. The van der Waals surface area contributed by atoms with E-state index in [2.05, 4.69) is 56.4 Å². The van der Waals surface area contributed by atoms with E-state index in [4.69, 9.17) is 0 Å². The summed E-state index contributed by atoms with van der Waals surface area (Å²) >= 11 is 0. The van der Waals surface area contributed by atoms with Gasteiger partial charge in [-0.15, -0.1) is 0 Å². The maximum Gasteiger partial charge on any atom is 0.0208 e. The summed E-state index contributed by atoms with van der Waals surface area (Å²) in [4.78, 5) is 0. The first-order valence-corrected chi connectivity index (χ1v) is 5.51. The Morgan fingerprint density at radius 3 is 2.36 bits per heavy atom. The van der Waals surface area contributed by atoms with E-state index in [-0.39, 0.29) is 0 Å². The van der Waals surface area contributed by atoms with Crippen molar-refractivity contribution in [3.63, 3.8) is 0 Å². The molecule has 0 heterocycles. The van der Waals surface area contributed by atoms with Gasteiger partial charge < -0.3 is 5.32 Å². The van der Waals surface area contributed by atoms with Crippen LogP contribution in [0.25, 0.3) is 0 Å². The highest BCUT2D eigenvalue weighted by Gasteiger charge is 2.08. The zero-order valence-corrected chi connectivity index (χ0v) is 9.46. The van der Waals surface area contributed by atoms with Crippen LogP contribution in [-0.4, -0.2) is 6.04 Å². The van der Waals surface area contributed by atoms with E-state index in [0.717, 1.165) is 12.5 Å². The van der Waals surface area contributed by atoms with E-state index < -0.39 is 0 Å². The Morgan fingerprint density at radius 1 is 1.14 bits per heavy atom. The fourth-order valence-corrected chi connectivity index (χ4v) is 1.43. The molecule has 0 aliphatic rings. The number of hydrogen-bond acceptors (Lipinski definition) is 1. The van der Waals surface area contributed by atoms with E-state index in [1.54, 1.807) is 0 Å². The van der Waals surface area contributed by atoms with Crippen LogP contribution in [0.3, 0.4) is 0 Å². The lowest BCUT2D eigenvalue weighted by atomic mass is 10.0. The van der Waals surface area contributed by atoms with E-state index in [9.17, 15) is 0 Å². The van der Waals surface area contributed by atoms with Gasteiger partial charge in [-0.2, -0.15) is 0 Å². The van der Waals surface area contributed by atoms with Crippen LogP contribution >= 0.6 is 0 Å². The fourth-order valence-electron chi connectivity index (χ4n) is 1.43. The lowest BCUT2D eigenvalue weighted by Crippen LogP contribution is -2.31. The predicted molar refractivity (Wildman–Crippen MR) is 62.2 cm³/mol. The standard InChI is InChI=1S/C13H21N/c1-4-11(2)12(3)14-10-13-8-6-5-7-9-13/h5-9,11-12,14H,4,10H2,1-3H3/t11-,12+/m1/s1. The second kappa shape index (κ2) is 5.82. The second-order valence-corrected chi connectivity index (χ2v) is 4.04. The lowest BCUT2D eigenvalue weighted by Gasteiger charge is -2.19. The molecule has 1 rings (SSSR count). The molecule has 1 aromatic carbocycles. The van der Waals surface area contributed by atoms with Gasteiger partial charge in [-0.1, -0.05) is 50.6 Å². The molecule has 2 atom stereocenters. The number of hydrogen-bond donors (Lipinski definition) is 1. The molecule has 0 aliphatic carbocycles. The smallest absolute Gasteiger partial charge is 0.0208 e. The van der Waals surface area contributed by atoms with Crippen LogP contribution in [0.15, 0.2) is 30.3 Å². The van der Waals surface area contributed by atoms with Crippen LogP contribution in [0.5, 0.6) is 0 Å². The summed E-state index contributed by atoms with van der Waals surface area (Å²) in [7, 11) is 0. The first-order chi connectivity index (χ1) is 6.74. The van der Waals surface area contributed by atoms with Crippen molar-refractivity contribution in [1.82, 2.24) is 5.32 Å². The third kappa shape index (κ3) is 3.51. The molecule has 14 heavy (non-hydrogen) atoms. The van der Waals surface area contributed by atoms with Crippen LogP contribution < -0.4 is 5.32 Å². The minimum absolute atomic E-state index is 0.597. The summed E-state index contributed by atoms with van der Waals surface area (Å²) in [6.45, 7) is 7.78. The highest BCUT2D eigenvalue weighted by atomic mass is 14.9. The minimum atomic E-state index is 0.597. The summed E-state index contributed by atoms with van der Waals surface area (Å²) in [5, 5.41) is 3.55. The number of rotatable bonds is 5. The van der Waals surface area contributed by atoms with Crippen molar-refractivity contribution in [1.29, 1.82) is 0 Å². The zero-order valence-electron chi connectivity index (χ0n) is 9.46. The van der Waals surface area contributed by atoms with Crippen molar-refractivity contribution in [3.8, 4) is 0 Å². The predicted octanol–water partition coefficient (Wildman–Crippen LogP) is 3.21. The Morgan fingerprint density at radius 2 is 1.79 bits per heavy atom. The van der Waals surface area contributed by atoms with Gasteiger partial charge in [0.2, 0.25) is 0 Å². The highest BCUT2D eigenvalue weighted by Crippen LogP contribution is 2.07. The first-order valence-electron chi connectivity index (χ1n) is 5.51. The quantitative estimate of drug-likeness (QED) is 0.753. The average molecular weight is 191 g/mol. The molecule has 0 aromatic heterocycles. The highest BCUT2D eigenvalue weighted by molar-refractivity contribution is 5.14. The Hall–Kier alpha value is -0.820. The molecule has 0 fully saturated rings. The van der Waals surface area contributed by atoms with Gasteiger partial charge in [0.05, 0.1) is 0 Å². The Bertz CT molecular complexity index is 243. The zero-order chi connectivity index (χ0) is 10.4. The molecule has 0 saturated carbocycles. The van der Waals surface area contributed by atoms with Crippen molar-refractivity contribution in [2.45, 2.75) is 39.8 Å². The van der Waals surface area contributed by atoms with Crippen LogP contribution in [0, 0.1) is 5.92 Å². The molecule has 1 nitrogen and oxygen atoms in total. The minimum Gasteiger partial charge on any atom is -0.310 e. The second-order valence-electron chi connectivity index (χ2n) is 4.04. The number of nitrogens with one attached hydrogen (secondary N) is 1. The normalized spacial score (nSPS) is 15.1. The molecule has 78 valence electrons. The van der Waals surface area contributed by atoms with E-state index >= 15 is 0 Å². The van der Waals surface area contributed by atoms with Gasteiger partial charge in [0, 0.05) is 12.6 Å². The van der Waals surface area contributed by atoms with Crippen molar-refractivity contribution in [3.05, 3.63) is 35.9 Å². The van der Waals surface area contributed by atoms with E-state index in [0.29, 0.717) is 6.04 Å². The molecular formula is C13H21N. The van der Waals surface area contributed by atoms with Crippen LogP contribution in [0.4, 0.5) is 0 Å². The van der Waals surface area contributed by atoms with Crippen molar-refractivity contribution in [2.24, 2.45) is 5.92 Å².